The maximum atomic E-state index is 12.2. The number of aliphatic imine (C=N–C) groups is 1. The molecule has 0 spiro atoms. The smallest absolute Gasteiger partial charge is 0.263 e. The second-order valence-corrected chi connectivity index (χ2v) is 7.25. The summed E-state index contributed by atoms with van der Waals surface area (Å²) in [6, 6.07) is 9.82. The van der Waals surface area contributed by atoms with Gasteiger partial charge in [-0.05, 0) is 42.4 Å². The molecule has 4 rings (SSSR count). The highest BCUT2D eigenvalue weighted by molar-refractivity contribution is 6.31. The van der Waals surface area contributed by atoms with Crippen LogP contribution in [0.5, 0.6) is 5.75 Å². The van der Waals surface area contributed by atoms with E-state index in [0.29, 0.717) is 5.69 Å². The summed E-state index contributed by atoms with van der Waals surface area (Å²) in [7, 11) is 0. The zero-order chi connectivity index (χ0) is 20.4. The monoisotopic (exact) mass is 410 g/mol. The van der Waals surface area contributed by atoms with E-state index < -0.39 is 16.4 Å². The van der Waals surface area contributed by atoms with E-state index in [1.54, 1.807) is 6.07 Å². The van der Waals surface area contributed by atoms with Gasteiger partial charge < -0.3 is 9.67 Å². The van der Waals surface area contributed by atoms with Crippen molar-refractivity contribution >= 4 is 29.2 Å². The third-order valence-electron chi connectivity index (χ3n) is 4.83. The van der Waals surface area contributed by atoms with Crippen LogP contribution in [0.3, 0.4) is 0 Å². The Kier molecular flexibility index (Phi) is 5.26. The van der Waals surface area contributed by atoms with Crippen LogP contribution >= 0.6 is 11.6 Å². The van der Waals surface area contributed by atoms with Crippen molar-refractivity contribution < 1.29 is 10.0 Å². The molecule has 8 nitrogen and oxygen atoms in total. The molecule has 0 fully saturated rings. The van der Waals surface area contributed by atoms with Gasteiger partial charge in [0.1, 0.15) is 5.82 Å². The molecule has 0 saturated heterocycles. The van der Waals surface area contributed by atoms with Gasteiger partial charge >= 0.3 is 0 Å². The van der Waals surface area contributed by atoms with Crippen LogP contribution in [0.1, 0.15) is 30.7 Å². The summed E-state index contributed by atoms with van der Waals surface area (Å²) in [5, 5.41) is 32.0. The molecule has 3 aromatic rings. The zero-order valence-corrected chi connectivity index (χ0v) is 16.2. The van der Waals surface area contributed by atoms with Gasteiger partial charge in [0.15, 0.2) is 5.82 Å². The van der Waals surface area contributed by atoms with Crippen molar-refractivity contribution in [3.05, 3.63) is 62.9 Å². The first-order valence-corrected chi connectivity index (χ1v) is 9.62. The molecule has 2 aromatic carbocycles. The van der Waals surface area contributed by atoms with E-state index in [0.717, 1.165) is 49.1 Å². The van der Waals surface area contributed by atoms with Gasteiger partial charge in [-0.2, -0.15) is 0 Å². The van der Waals surface area contributed by atoms with Gasteiger partial charge in [-0.3, -0.25) is 15.1 Å². The van der Waals surface area contributed by atoms with E-state index in [4.69, 9.17) is 11.6 Å². The molecule has 2 heterocycles. The number of fused-ring (bicyclic) bond motifs is 1. The molecule has 0 saturated carbocycles. The molecule has 1 aromatic heterocycles. The SMILES string of the molecule is O=[N+]([O-])c1cc(Cl)cc(C=Nc2cccc(-c3nnc4n3CCCCC4)c2)c1[O-]. The van der Waals surface area contributed by atoms with Crippen molar-refractivity contribution in [2.45, 2.75) is 32.2 Å². The van der Waals surface area contributed by atoms with Gasteiger partial charge in [0, 0.05) is 35.8 Å². The molecule has 1 aliphatic heterocycles. The predicted molar refractivity (Wildman–Crippen MR) is 108 cm³/mol. The molecule has 1 aliphatic rings. The molecule has 0 N–H and O–H groups in total. The van der Waals surface area contributed by atoms with Crippen molar-refractivity contribution in [3.8, 4) is 17.1 Å². The highest BCUT2D eigenvalue weighted by atomic mass is 35.5. The third-order valence-corrected chi connectivity index (χ3v) is 5.04. The Labute approximate surface area is 171 Å². The first-order chi connectivity index (χ1) is 14.0. The first-order valence-electron chi connectivity index (χ1n) is 9.24. The Morgan fingerprint density at radius 1 is 1.17 bits per heavy atom. The van der Waals surface area contributed by atoms with Crippen molar-refractivity contribution in [2.75, 3.05) is 0 Å². The lowest BCUT2D eigenvalue weighted by Gasteiger charge is -2.11. The van der Waals surface area contributed by atoms with Gasteiger partial charge in [-0.25, -0.2) is 0 Å². The number of hydrogen-bond acceptors (Lipinski definition) is 6. The van der Waals surface area contributed by atoms with Crippen LogP contribution in [0, 0.1) is 10.1 Å². The summed E-state index contributed by atoms with van der Waals surface area (Å²) in [6.07, 6.45) is 5.60. The average molecular weight is 411 g/mol. The molecule has 9 heteroatoms. The number of nitrogens with zero attached hydrogens (tertiary/aromatic N) is 5. The van der Waals surface area contributed by atoms with Gasteiger partial charge in [0.25, 0.3) is 5.69 Å². The minimum atomic E-state index is -0.747. The number of benzene rings is 2. The quantitative estimate of drug-likeness (QED) is 0.366. The summed E-state index contributed by atoms with van der Waals surface area (Å²) >= 11 is 5.90. The van der Waals surface area contributed by atoms with Gasteiger partial charge in [0.2, 0.25) is 0 Å². The van der Waals surface area contributed by atoms with Crippen LogP contribution in [-0.2, 0) is 13.0 Å². The lowest BCUT2D eigenvalue weighted by atomic mass is 10.1. The van der Waals surface area contributed by atoms with Crippen molar-refractivity contribution in [1.82, 2.24) is 14.8 Å². The second-order valence-electron chi connectivity index (χ2n) is 6.81. The third kappa shape index (κ3) is 3.97. The van der Waals surface area contributed by atoms with Gasteiger partial charge in [-0.15, -0.1) is 10.2 Å². The molecular formula is C20H17ClN5O3-. The fourth-order valence-electron chi connectivity index (χ4n) is 3.40. The van der Waals surface area contributed by atoms with E-state index in [2.05, 4.69) is 19.8 Å². The van der Waals surface area contributed by atoms with Crippen LogP contribution in [-0.4, -0.2) is 25.9 Å². The first kappa shape index (κ1) is 19.1. The topological polar surface area (TPSA) is 109 Å². The maximum Gasteiger partial charge on any atom is 0.263 e. The summed E-state index contributed by atoms with van der Waals surface area (Å²) in [6.45, 7) is 0.886. The van der Waals surface area contributed by atoms with E-state index in [9.17, 15) is 15.2 Å². The second kappa shape index (κ2) is 8.00. The van der Waals surface area contributed by atoms with Gasteiger partial charge in [-0.1, -0.05) is 30.2 Å². The lowest BCUT2D eigenvalue weighted by Crippen LogP contribution is -2.03. The minimum absolute atomic E-state index is 0.0611. The fraction of sp³-hybridized carbons (Fsp3) is 0.250. The number of nitro groups is 1. The standard InChI is InChI=1S/C20H18ClN5O3/c21-15-9-14(19(27)17(11-15)26(28)29)12-22-16-6-4-5-13(10-16)20-24-23-18-7-2-1-3-8-25(18)20/h4-6,9-12,27H,1-3,7-8H2/p-1. The highest BCUT2D eigenvalue weighted by Crippen LogP contribution is 2.31. The summed E-state index contributed by atoms with van der Waals surface area (Å²) in [5.41, 5.74) is 0.958. The number of halogens is 1. The summed E-state index contributed by atoms with van der Waals surface area (Å²) in [5.74, 6) is 1.07. The Bertz CT molecular complexity index is 1110. The van der Waals surface area contributed by atoms with E-state index in [-0.39, 0.29) is 10.6 Å². The number of aryl methyl sites for hydroxylation is 1. The van der Waals surface area contributed by atoms with E-state index in [1.165, 1.54) is 18.7 Å². The molecule has 0 atom stereocenters. The highest BCUT2D eigenvalue weighted by Gasteiger charge is 2.16. The Balaban J connectivity index is 1.66. The van der Waals surface area contributed by atoms with Crippen molar-refractivity contribution in [2.24, 2.45) is 4.99 Å². The molecule has 0 bridgehead atoms. The molecule has 29 heavy (non-hydrogen) atoms. The number of hydrogen-bond donors (Lipinski definition) is 0. The number of nitro benzene ring substituents is 1. The summed E-state index contributed by atoms with van der Waals surface area (Å²) in [4.78, 5) is 14.6. The number of rotatable bonds is 4. The molecule has 0 radical (unpaired) electrons. The zero-order valence-electron chi connectivity index (χ0n) is 15.4. The van der Waals surface area contributed by atoms with Gasteiger partial charge in [0.05, 0.1) is 10.6 Å². The van der Waals surface area contributed by atoms with Crippen molar-refractivity contribution in [3.63, 3.8) is 0 Å². The molecule has 0 amide bonds. The van der Waals surface area contributed by atoms with Crippen molar-refractivity contribution in [1.29, 1.82) is 0 Å². The van der Waals surface area contributed by atoms with Crippen LogP contribution in [0.2, 0.25) is 5.02 Å². The molecule has 0 unspecified atom stereocenters. The normalized spacial score (nSPS) is 14.0. The largest absolute Gasteiger partial charge is 0.867 e. The van der Waals surface area contributed by atoms with Crippen LogP contribution in [0.4, 0.5) is 11.4 Å². The van der Waals surface area contributed by atoms with Crippen LogP contribution in [0.25, 0.3) is 11.4 Å². The van der Waals surface area contributed by atoms with Crippen LogP contribution in [0.15, 0.2) is 41.4 Å². The average Bonchev–Trinajstić information content (AvgIpc) is 2.96. The van der Waals surface area contributed by atoms with E-state index in [1.807, 2.05) is 18.2 Å². The molecule has 0 aliphatic carbocycles. The molecule has 148 valence electrons. The maximum absolute atomic E-state index is 12.2. The Hall–Kier alpha value is -3.26. The van der Waals surface area contributed by atoms with E-state index >= 15 is 0 Å². The fourth-order valence-corrected chi connectivity index (χ4v) is 3.62. The number of aromatic nitrogens is 3. The Morgan fingerprint density at radius 3 is 2.86 bits per heavy atom. The lowest BCUT2D eigenvalue weighted by molar-refractivity contribution is -0.398. The summed E-state index contributed by atoms with van der Waals surface area (Å²) < 4.78 is 2.14. The van der Waals surface area contributed by atoms with Crippen LogP contribution < -0.4 is 5.11 Å². The predicted octanol–water partition coefficient (Wildman–Crippen LogP) is 4.06. The minimum Gasteiger partial charge on any atom is -0.867 e. The Morgan fingerprint density at radius 2 is 2.03 bits per heavy atom. The molecular weight excluding hydrogens is 394 g/mol.